The lowest BCUT2D eigenvalue weighted by atomic mass is 9.95. The first-order valence-electron chi connectivity index (χ1n) is 7.79. The Labute approximate surface area is 151 Å². The van der Waals surface area contributed by atoms with Gasteiger partial charge in [-0.3, -0.25) is 0 Å². The summed E-state index contributed by atoms with van der Waals surface area (Å²) < 4.78 is 7.18. The molecule has 0 radical (unpaired) electrons. The van der Waals surface area contributed by atoms with E-state index in [4.69, 9.17) is 9.40 Å². The number of alkyl halides is 1. The molecule has 3 rings (SSSR count). The molecule has 0 atom stereocenters. The summed E-state index contributed by atoms with van der Waals surface area (Å²) in [6, 6.07) is 14.7. The molecule has 0 bridgehead atoms. The second kappa shape index (κ2) is 6.87. The quantitative estimate of drug-likeness (QED) is 0.390. The number of benzene rings is 2. The van der Waals surface area contributed by atoms with Crippen LogP contribution >= 0.6 is 22.6 Å². The van der Waals surface area contributed by atoms with Gasteiger partial charge in [-0.2, -0.15) is 0 Å². The molecule has 1 aromatic heterocycles. The topological polar surface area (TPSA) is 26.0 Å². The minimum Gasteiger partial charge on any atom is -0.440 e. The van der Waals surface area contributed by atoms with Crippen LogP contribution in [0.1, 0.15) is 22.6 Å². The highest BCUT2D eigenvalue weighted by atomic mass is 127. The molecule has 0 aliphatic rings. The number of aromatic nitrogens is 1. The fourth-order valence-electron chi connectivity index (χ4n) is 3.05. The highest BCUT2D eigenvalue weighted by Gasteiger charge is 2.19. The van der Waals surface area contributed by atoms with Gasteiger partial charge in [0.15, 0.2) is 11.7 Å². The third-order valence-electron chi connectivity index (χ3n) is 3.93. The zero-order valence-electron chi connectivity index (χ0n) is 13.7. The van der Waals surface area contributed by atoms with E-state index < -0.39 is 0 Å². The van der Waals surface area contributed by atoms with Crippen LogP contribution in [0.3, 0.4) is 0 Å². The summed E-state index contributed by atoms with van der Waals surface area (Å²) >= 11 is 2.36. The first-order chi connectivity index (χ1) is 11.1. The largest absolute Gasteiger partial charge is 0.440 e. The zero-order chi connectivity index (χ0) is 16.4. The van der Waals surface area contributed by atoms with Crippen molar-refractivity contribution in [2.75, 3.05) is 4.43 Å². The average molecular weight is 417 g/mol. The third-order valence-corrected chi connectivity index (χ3v) is 4.47. The van der Waals surface area contributed by atoms with Crippen molar-refractivity contribution in [3.63, 3.8) is 0 Å². The van der Waals surface area contributed by atoms with E-state index in [9.17, 15) is 0 Å². The fraction of sp³-hybridized carbons (Fsp3) is 0.250. The summed E-state index contributed by atoms with van der Waals surface area (Å²) in [6.07, 6.45) is 0.852. The smallest absolute Gasteiger partial charge is 0.196 e. The first-order valence-corrected chi connectivity index (χ1v) is 9.32. The van der Waals surface area contributed by atoms with Crippen LogP contribution in [0.2, 0.25) is 0 Å². The highest BCUT2D eigenvalue weighted by molar-refractivity contribution is 14.1. The lowest BCUT2D eigenvalue weighted by Gasteiger charge is -2.10. The summed E-state index contributed by atoms with van der Waals surface area (Å²) in [7, 11) is 0. The summed E-state index contributed by atoms with van der Waals surface area (Å²) in [5.41, 5.74) is 6.96. The summed E-state index contributed by atoms with van der Waals surface area (Å²) in [5, 5.41) is 0. The Bertz CT molecular complexity index is 798. The molecule has 0 unspecified atom stereocenters. The van der Waals surface area contributed by atoms with E-state index in [-0.39, 0.29) is 0 Å². The third kappa shape index (κ3) is 3.34. The molecule has 23 heavy (non-hydrogen) atoms. The second-order valence-corrected chi connectivity index (χ2v) is 6.94. The minimum atomic E-state index is 0.813. The van der Waals surface area contributed by atoms with E-state index in [0.717, 1.165) is 33.8 Å². The van der Waals surface area contributed by atoms with E-state index in [0.29, 0.717) is 0 Å². The molecule has 118 valence electrons. The first kappa shape index (κ1) is 16.2. The van der Waals surface area contributed by atoms with Gasteiger partial charge >= 0.3 is 0 Å². The van der Waals surface area contributed by atoms with E-state index in [1.165, 1.54) is 22.3 Å². The molecular formula is C20H20INO. The number of halogens is 1. The van der Waals surface area contributed by atoms with Crippen molar-refractivity contribution < 1.29 is 4.42 Å². The second-order valence-electron chi connectivity index (χ2n) is 5.86. The van der Waals surface area contributed by atoms with E-state index in [1.807, 2.05) is 18.2 Å². The van der Waals surface area contributed by atoms with Crippen molar-refractivity contribution in [2.45, 2.75) is 27.2 Å². The Morgan fingerprint density at radius 2 is 1.65 bits per heavy atom. The summed E-state index contributed by atoms with van der Waals surface area (Å²) in [5.74, 6) is 1.71. The molecule has 0 fully saturated rings. The Balaban J connectivity index is 2.23. The lowest BCUT2D eigenvalue weighted by Crippen LogP contribution is -1.91. The van der Waals surface area contributed by atoms with Gasteiger partial charge in [-0.05, 0) is 31.9 Å². The number of hydrogen-bond acceptors (Lipinski definition) is 2. The van der Waals surface area contributed by atoms with Crippen LogP contribution < -0.4 is 0 Å². The molecule has 0 aliphatic heterocycles. The SMILES string of the molecule is Cc1cc(C)c(-c2oc(CCI)nc2-c2ccccc2)c(C)c1. The Morgan fingerprint density at radius 3 is 2.26 bits per heavy atom. The maximum absolute atomic E-state index is 6.18. The zero-order valence-corrected chi connectivity index (χ0v) is 15.8. The fourth-order valence-corrected chi connectivity index (χ4v) is 3.51. The predicted molar refractivity (Wildman–Crippen MR) is 104 cm³/mol. The molecule has 1 heterocycles. The van der Waals surface area contributed by atoms with Crippen LogP contribution in [-0.2, 0) is 6.42 Å². The lowest BCUT2D eigenvalue weighted by molar-refractivity contribution is 0.515. The molecule has 0 spiro atoms. The highest BCUT2D eigenvalue weighted by Crippen LogP contribution is 2.37. The standard InChI is InChI=1S/C20H20INO/c1-13-11-14(2)18(15(3)12-13)20-19(16-7-5-4-6-8-16)22-17(23-20)9-10-21/h4-8,11-12H,9-10H2,1-3H3. The molecule has 3 heteroatoms. The van der Waals surface area contributed by atoms with E-state index >= 15 is 0 Å². The van der Waals surface area contributed by atoms with Crippen molar-refractivity contribution >= 4 is 22.6 Å². The van der Waals surface area contributed by atoms with Gasteiger partial charge in [-0.1, -0.05) is 70.6 Å². The number of aryl methyl sites for hydroxylation is 4. The van der Waals surface area contributed by atoms with Crippen LogP contribution in [0.25, 0.3) is 22.6 Å². The van der Waals surface area contributed by atoms with Gasteiger partial charge in [-0.15, -0.1) is 0 Å². The number of oxazole rings is 1. The van der Waals surface area contributed by atoms with Gasteiger partial charge in [0.1, 0.15) is 5.69 Å². The summed E-state index contributed by atoms with van der Waals surface area (Å²) in [4.78, 5) is 4.78. The van der Waals surface area contributed by atoms with Gasteiger partial charge in [0, 0.05) is 22.0 Å². The summed E-state index contributed by atoms with van der Waals surface area (Å²) in [6.45, 7) is 6.42. The monoisotopic (exact) mass is 417 g/mol. The van der Waals surface area contributed by atoms with Crippen LogP contribution in [0.15, 0.2) is 46.9 Å². The minimum absolute atomic E-state index is 0.813. The van der Waals surface area contributed by atoms with Gasteiger partial charge in [0.2, 0.25) is 0 Å². The Morgan fingerprint density at radius 1 is 1.00 bits per heavy atom. The molecule has 0 amide bonds. The van der Waals surface area contributed by atoms with E-state index in [1.54, 1.807) is 0 Å². The number of rotatable bonds is 4. The van der Waals surface area contributed by atoms with Gasteiger partial charge in [-0.25, -0.2) is 4.98 Å². The molecule has 2 aromatic carbocycles. The van der Waals surface area contributed by atoms with Gasteiger partial charge in [0.25, 0.3) is 0 Å². The van der Waals surface area contributed by atoms with Crippen LogP contribution in [0.4, 0.5) is 0 Å². The van der Waals surface area contributed by atoms with Crippen LogP contribution in [-0.4, -0.2) is 9.41 Å². The maximum atomic E-state index is 6.18. The van der Waals surface area contributed by atoms with E-state index in [2.05, 4.69) is 67.6 Å². The van der Waals surface area contributed by atoms with Crippen molar-refractivity contribution in [2.24, 2.45) is 0 Å². The molecule has 3 aromatic rings. The molecule has 0 aliphatic carbocycles. The normalized spacial score (nSPS) is 11.0. The van der Waals surface area contributed by atoms with Crippen molar-refractivity contribution in [1.82, 2.24) is 4.98 Å². The van der Waals surface area contributed by atoms with Crippen LogP contribution in [0.5, 0.6) is 0 Å². The van der Waals surface area contributed by atoms with Gasteiger partial charge < -0.3 is 4.42 Å². The maximum Gasteiger partial charge on any atom is 0.196 e. The Hall–Kier alpha value is -1.62. The predicted octanol–water partition coefficient (Wildman–Crippen LogP) is 5.91. The number of hydrogen-bond donors (Lipinski definition) is 0. The van der Waals surface area contributed by atoms with Crippen molar-refractivity contribution in [1.29, 1.82) is 0 Å². The molecule has 2 nitrogen and oxygen atoms in total. The molecule has 0 saturated heterocycles. The Kier molecular flexibility index (Phi) is 4.85. The molecular weight excluding hydrogens is 397 g/mol. The molecule has 0 N–H and O–H groups in total. The van der Waals surface area contributed by atoms with Gasteiger partial charge in [0.05, 0.1) is 0 Å². The van der Waals surface area contributed by atoms with Crippen LogP contribution in [0, 0.1) is 20.8 Å². The van der Waals surface area contributed by atoms with Crippen molar-refractivity contribution in [3.05, 3.63) is 65.0 Å². The van der Waals surface area contributed by atoms with Crippen molar-refractivity contribution in [3.8, 4) is 22.6 Å². The average Bonchev–Trinajstić information content (AvgIpc) is 2.91. The number of nitrogens with zero attached hydrogens (tertiary/aromatic N) is 1. The molecule has 0 saturated carbocycles.